The lowest BCUT2D eigenvalue weighted by atomic mass is 10.1. The van der Waals surface area contributed by atoms with Crippen molar-refractivity contribution in [2.24, 2.45) is 5.73 Å². The fourth-order valence-electron chi connectivity index (χ4n) is 1.60. The SMILES string of the molecule is CCCCN(CCCC)c1nnc(C(C)(C)N)o1.Cl. The molecule has 19 heavy (non-hydrogen) atoms. The van der Waals surface area contributed by atoms with Crippen LogP contribution in [0.4, 0.5) is 6.01 Å². The van der Waals surface area contributed by atoms with Gasteiger partial charge in [0.25, 0.3) is 0 Å². The Hall–Kier alpha value is -0.810. The van der Waals surface area contributed by atoms with Crippen LogP contribution in [0, 0.1) is 0 Å². The van der Waals surface area contributed by atoms with E-state index in [1.54, 1.807) is 0 Å². The van der Waals surface area contributed by atoms with Crippen molar-refractivity contribution < 1.29 is 4.42 Å². The second-order valence-electron chi connectivity index (χ2n) is 5.31. The molecule has 0 unspecified atom stereocenters. The summed E-state index contributed by atoms with van der Waals surface area (Å²) >= 11 is 0. The van der Waals surface area contributed by atoms with E-state index in [0.717, 1.165) is 38.8 Å². The van der Waals surface area contributed by atoms with E-state index < -0.39 is 5.54 Å². The minimum Gasteiger partial charge on any atom is -0.406 e. The molecular weight excluding hydrogens is 264 g/mol. The lowest BCUT2D eigenvalue weighted by molar-refractivity contribution is 0.376. The maximum atomic E-state index is 5.96. The zero-order valence-electron chi connectivity index (χ0n) is 12.5. The standard InChI is InChI=1S/C13H26N4O.ClH/c1-5-7-9-17(10-8-6-2)12-16-15-11(18-12)13(3,4)14;/h5-10,14H2,1-4H3;1H. The summed E-state index contributed by atoms with van der Waals surface area (Å²) in [7, 11) is 0. The first-order valence-electron chi connectivity index (χ1n) is 6.86. The summed E-state index contributed by atoms with van der Waals surface area (Å²) in [6.45, 7) is 10.0. The van der Waals surface area contributed by atoms with Crippen molar-refractivity contribution in [1.82, 2.24) is 10.2 Å². The lowest BCUT2D eigenvalue weighted by Crippen LogP contribution is -2.29. The quantitative estimate of drug-likeness (QED) is 0.797. The molecule has 0 aromatic carbocycles. The van der Waals surface area contributed by atoms with Gasteiger partial charge in [0.2, 0.25) is 5.89 Å². The Morgan fingerprint density at radius 1 is 1.11 bits per heavy atom. The van der Waals surface area contributed by atoms with Crippen LogP contribution in [0.1, 0.15) is 59.3 Å². The number of aromatic nitrogens is 2. The van der Waals surface area contributed by atoms with E-state index in [1.807, 2.05) is 13.8 Å². The molecule has 0 spiro atoms. The predicted octanol–water partition coefficient (Wildman–Crippen LogP) is 3.09. The van der Waals surface area contributed by atoms with E-state index in [0.29, 0.717) is 11.9 Å². The molecule has 1 rings (SSSR count). The number of hydrogen-bond donors (Lipinski definition) is 1. The van der Waals surface area contributed by atoms with E-state index in [4.69, 9.17) is 10.2 Å². The second-order valence-corrected chi connectivity index (χ2v) is 5.31. The minimum absolute atomic E-state index is 0. The summed E-state index contributed by atoms with van der Waals surface area (Å²) in [5.41, 5.74) is 5.38. The molecule has 0 atom stereocenters. The number of unbranched alkanes of at least 4 members (excludes halogenated alkanes) is 2. The van der Waals surface area contributed by atoms with Crippen LogP contribution >= 0.6 is 12.4 Å². The predicted molar refractivity (Wildman–Crippen MR) is 80.8 cm³/mol. The van der Waals surface area contributed by atoms with E-state index in [2.05, 4.69) is 28.9 Å². The van der Waals surface area contributed by atoms with Crippen molar-refractivity contribution in [3.8, 4) is 0 Å². The average Bonchev–Trinajstić information content (AvgIpc) is 2.78. The van der Waals surface area contributed by atoms with Gasteiger partial charge < -0.3 is 15.1 Å². The molecule has 1 aromatic rings. The lowest BCUT2D eigenvalue weighted by Gasteiger charge is -2.19. The average molecular weight is 291 g/mol. The van der Waals surface area contributed by atoms with Gasteiger partial charge in [0.15, 0.2) is 0 Å². The zero-order chi connectivity index (χ0) is 13.6. The molecule has 0 saturated heterocycles. The summed E-state index contributed by atoms with van der Waals surface area (Å²) in [6, 6.07) is 0.602. The molecule has 1 heterocycles. The highest BCUT2D eigenvalue weighted by Gasteiger charge is 2.23. The van der Waals surface area contributed by atoms with Gasteiger partial charge in [-0.25, -0.2) is 0 Å². The molecule has 0 saturated carbocycles. The van der Waals surface area contributed by atoms with Crippen LogP contribution < -0.4 is 10.6 Å². The number of halogens is 1. The van der Waals surface area contributed by atoms with Crippen LogP contribution in [0.25, 0.3) is 0 Å². The molecule has 0 aliphatic rings. The Morgan fingerprint density at radius 2 is 1.63 bits per heavy atom. The van der Waals surface area contributed by atoms with Crippen LogP contribution in [-0.4, -0.2) is 23.3 Å². The molecule has 0 amide bonds. The maximum Gasteiger partial charge on any atom is 0.318 e. The molecule has 1 aromatic heterocycles. The third kappa shape index (κ3) is 5.78. The van der Waals surface area contributed by atoms with Gasteiger partial charge in [-0.3, -0.25) is 0 Å². The summed E-state index contributed by atoms with van der Waals surface area (Å²) < 4.78 is 5.68. The summed E-state index contributed by atoms with van der Waals surface area (Å²) in [5, 5.41) is 8.16. The monoisotopic (exact) mass is 290 g/mol. The van der Waals surface area contributed by atoms with Gasteiger partial charge in [-0.05, 0) is 26.7 Å². The fraction of sp³-hybridized carbons (Fsp3) is 0.846. The van der Waals surface area contributed by atoms with Gasteiger partial charge in [-0.2, -0.15) is 0 Å². The molecule has 0 radical (unpaired) electrons. The molecule has 5 nitrogen and oxygen atoms in total. The summed E-state index contributed by atoms with van der Waals surface area (Å²) in [5.74, 6) is 0.496. The van der Waals surface area contributed by atoms with Crippen molar-refractivity contribution in [3.63, 3.8) is 0 Å². The third-order valence-electron chi connectivity index (χ3n) is 2.80. The van der Waals surface area contributed by atoms with Crippen LogP contribution in [-0.2, 0) is 5.54 Å². The van der Waals surface area contributed by atoms with Gasteiger partial charge >= 0.3 is 6.01 Å². The van der Waals surface area contributed by atoms with E-state index in [1.165, 1.54) is 0 Å². The normalized spacial score (nSPS) is 11.2. The largest absolute Gasteiger partial charge is 0.406 e. The van der Waals surface area contributed by atoms with E-state index >= 15 is 0 Å². The number of nitrogens with zero attached hydrogens (tertiary/aromatic N) is 3. The Bertz CT molecular complexity index is 341. The molecule has 0 aliphatic carbocycles. The number of hydrogen-bond acceptors (Lipinski definition) is 5. The highest BCUT2D eigenvalue weighted by molar-refractivity contribution is 5.85. The highest BCUT2D eigenvalue weighted by Crippen LogP contribution is 2.20. The molecule has 0 aliphatic heterocycles. The van der Waals surface area contributed by atoms with Gasteiger partial charge in [-0.15, -0.1) is 17.5 Å². The Kier molecular flexibility index (Phi) is 8.02. The Labute approximate surface area is 122 Å². The molecule has 6 heteroatoms. The second kappa shape index (κ2) is 8.38. The topological polar surface area (TPSA) is 68.2 Å². The Morgan fingerprint density at radius 3 is 2.00 bits per heavy atom. The number of nitrogens with two attached hydrogens (primary N) is 1. The first kappa shape index (κ1) is 18.2. The summed E-state index contributed by atoms with van der Waals surface area (Å²) in [4.78, 5) is 2.16. The van der Waals surface area contributed by atoms with Crippen LogP contribution in [0.3, 0.4) is 0 Å². The zero-order valence-corrected chi connectivity index (χ0v) is 13.3. The van der Waals surface area contributed by atoms with Crippen molar-refractivity contribution >= 4 is 18.4 Å². The molecule has 112 valence electrons. The first-order chi connectivity index (χ1) is 8.49. The van der Waals surface area contributed by atoms with Gasteiger partial charge in [-0.1, -0.05) is 31.8 Å². The van der Waals surface area contributed by atoms with Crippen LogP contribution in [0.2, 0.25) is 0 Å². The highest BCUT2D eigenvalue weighted by atomic mass is 35.5. The minimum atomic E-state index is -0.577. The van der Waals surface area contributed by atoms with Crippen molar-refractivity contribution in [3.05, 3.63) is 5.89 Å². The summed E-state index contributed by atoms with van der Waals surface area (Å²) in [6.07, 6.45) is 4.58. The maximum absolute atomic E-state index is 5.96. The third-order valence-corrected chi connectivity index (χ3v) is 2.80. The smallest absolute Gasteiger partial charge is 0.318 e. The van der Waals surface area contributed by atoms with Crippen molar-refractivity contribution in [1.29, 1.82) is 0 Å². The Balaban J connectivity index is 0.00000324. The van der Waals surface area contributed by atoms with Crippen LogP contribution in [0.15, 0.2) is 4.42 Å². The fourth-order valence-corrected chi connectivity index (χ4v) is 1.60. The van der Waals surface area contributed by atoms with E-state index in [-0.39, 0.29) is 12.4 Å². The van der Waals surface area contributed by atoms with Crippen LogP contribution in [0.5, 0.6) is 0 Å². The molecular formula is C13H27ClN4O. The first-order valence-corrected chi connectivity index (χ1v) is 6.86. The van der Waals surface area contributed by atoms with Crippen molar-refractivity contribution in [2.45, 2.75) is 58.9 Å². The number of anilines is 1. The molecule has 0 bridgehead atoms. The van der Waals surface area contributed by atoms with E-state index in [9.17, 15) is 0 Å². The van der Waals surface area contributed by atoms with Gasteiger partial charge in [0.05, 0.1) is 5.54 Å². The van der Waals surface area contributed by atoms with Gasteiger partial charge in [0.1, 0.15) is 0 Å². The molecule has 2 N–H and O–H groups in total. The molecule has 0 fully saturated rings. The van der Waals surface area contributed by atoms with Crippen molar-refractivity contribution in [2.75, 3.05) is 18.0 Å². The van der Waals surface area contributed by atoms with Gasteiger partial charge in [0, 0.05) is 13.1 Å². The number of rotatable bonds is 8.